The van der Waals surface area contributed by atoms with Gasteiger partial charge in [-0.15, -0.1) is 0 Å². The van der Waals surface area contributed by atoms with Gasteiger partial charge in [-0.25, -0.2) is 14.2 Å². The fourth-order valence-electron chi connectivity index (χ4n) is 2.31. The number of ether oxygens (including phenoxy) is 1. The van der Waals surface area contributed by atoms with E-state index in [0.29, 0.717) is 15.8 Å². The first kappa shape index (κ1) is 16.3. The third-order valence-electron chi connectivity index (χ3n) is 3.44. The van der Waals surface area contributed by atoms with Gasteiger partial charge >= 0.3 is 5.97 Å². The van der Waals surface area contributed by atoms with E-state index in [-0.39, 0.29) is 17.7 Å². The van der Waals surface area contributed by atoms with Crippen molar-refractivity contribution in [2.75, 3.05) is 0 Å². The van der Waals surface area contributed by atoms with Crippen LogP contribution in [0.15, 0.2) is 51.7 Å². The van der Waals surface area contributed by atoms with Gasteiger partial charge < -0.3 is 4.74 Å². The van der Waals surface area contributed by atoms with Gasteiger partial charge in [0, 0.05) is 16.2 Å². The Morgan fingerprint density at radius 3 is 2.83 bits per heavy atom. The van der Waals surface area contributed by atoms with Gasteiger partial charge in [-0.2, -0.15) is 0 Å². The Balaban J connectivity index is 1.83. The van der Waals surface area contributed by atoms with Gasteiger partial charge in [0.1, 0.15) is 18.1 Å². The van der Waals surface area contributed by atoms with Crippen LogP contribution in [0.2, 0.25) is 0 Å². The number of carbonyl (C=O) groups excluding carboxylic acids is 1. The fraction of sp³-hybridized carbons (Fsp3) is 0.118. The van der Waals surface area contributed by atoms with E-state index in [1.54, 1.807) is 12.1 Å². The predicted molar refractivity (Wildman–Crippen MR) is 89.4 cm³/mol. The summed E-state index contributed by atoms with van der Waals surface area (Å²) in [5.41, 5.74) is 1.55. The number of benzene rings is 1. The molecule has 2 heterocycles. The molecule has 0 aliphatic heterocycles. The van der Waals surface area contributed by atoms with Crippen LogP contribution in [0.25, 0.3) is 5.65 Å². The molecule has 0 radical (unpaired) electrons. The Morgan fingerprint density at radius 1 is 1.29 bits per heavy atom. The second kappa shape index (κ2) is 6.52. The van der Waals surface area contributed by atoms with E-state index in [1.165, 1.54) is 28.7 Å². The molecule has 0 atom stereocenters. The largest absolute Gasteiger partial charge is 0.456 e. The fourth-order valence-corrected chi connectivity index (χ4v) is 2.82. The quantitative estimate of drug-likeness (QED) is 0.644. The number of esters is 1. The summed E-state index contributed by atoms with van der Waals surface area (Å²) >= 11 is 3.12. The van der Waals surface area contributed by atoms with Crippen molar-refractivity contribution in [1.29, 1.82) is 0 Å². The minimum atomic E-state index is -0.631. The zero-order valence-corrected chi connectivity index (χ0v) is 14.2. The van der Waals surface area contributed by atoms with Crippen molar-refractivity contribution in [3.8, 4) is 0 Å². The molecular weight excluding hydrogens is 379 g/mol. The number of hydrogen-bond donors (Lipinski definition) is 0. The van der Waals surface area contributed by atoms with E-state index >= 15 is 0 Å². The smallest absolute Gasteiger partial charge is 0.339 e. The predicted octanol–water partition coefficient (Wildman–Crippen LogP) is 3.26. The third-order valence-corrected chi connectivity index (χ3v) is 4.09. The number of aromatic nitrogens is 2. The van der Waals surface area contributed by atoms with Gasteiger partial charge in [0.2, 0.25) is 0 Å². The molecule has 3 aromatic rings. The van der Waals surface area contributed by atoms with Crippen LogP contribution >= 0.6 is 15.9 Å². The average Bonchev–Trinajstić information content (AvgIpc) is 2.52. The topological polar surface area (TPSA) is 60.7 Å². The van der Waals surface area contributed by atoms with Crippen molar-refractivity contribution in [1.82, 2.24) is 9.38 Å². The van der Waals surface area contributed by atoms with Crippen LogP contribution in [0, 0.1) is 12.7 Å². The van der Waals surface area contributed by atoms with Gasteiger partial charge in [0.15, 0.2) is 0 Å². The SMILES string of the molecule is Cc1cccc2nc(COC(=O)c3ccc(F)cc3Br)cc(=O)n12. The molecule has 0 spiro atoms. The summed E-state index contributed by atoms with van der Waals surface area (Å²) in [5, 5.41) is 0. The van der Waals surface area contributed by atoms with Crippen molar-refractivity contribution in [3.05, 3.63) is 80.1 Å². The average molecular weight is 391 g/mol. The molecule has 0 saturated heterocycles. The lowest BCUT2D eigenvalue weighted by Crippen LogP contribution is -2.18. The molecule has 2 aromatic heterocycles. The van der Waals surface area contributed by atoms with Crippen LogP contribution in [0.3, 0.4) is 0 Å². The molecule has 5 nitrogen and oxygen atoms in total. The summed E-state index contributed by atoms with van der Waals surface area (Å²) in [6, 6.07) is 10.3. The van der Waals surface area contributed by atoms with Crippen LogP contribution < -0.4 is 5.56 Å². The number of fused-ring (bicyclic) bond motifs is 1. The molecule has 0 N–H and O–H groups in total. The molecule has 0 fully saturated rings. The second-order valence-corrected chi connectivity index (χ2v) is 6.00. The zero-order chi connectivity index (χ0) is 17.3. The number of aryl methyl sites for hydroxylation is 1. The second-order valence-electron chi connectivity index (χ2n) is 5.15. The lowest BCUT2D eigenvalue weighted by molar-refractivity contribution is 0.0466. The zero-order valence-electron chi connectivity index (χ0n) is 12.6. The standard InChI is InChI=1S/C17H12BrFN2O3/c1-10-3-2-4-15-20-12(8-16(22)21(10)15)9-24-17(23)13-6-5-11(19)7-14(13)18/h2-8H,9H2,1H3. The highest BCUT2D eigenvalue weighted by Crippen LogP contribution is 2.19. The van der Waals surface area contributed by atoms with Gasteiger partial charge in [-0.05, 0) is 53.2 Å². The lowest BCUT2D eigenvalue weighted by atomic mass is 10.2. The third kappa shape index (κ3) is 3.21. The first-order valence-corrected chi connectivity index (χ1v) is 7.85. The Morgan fingerprint density at radius 2 is 2.08 bits per heavy atom. The highest BCUT2D eigenvalue weighted by atomic mass is 79.9. The summed E-state index contributed by atoms with van der Waals surface area (Å²) in [7, 11) is 0. The van der Waals surface area contributed by atoms with E-state index in [1.807, 2.05) is 13.0 Å². The van der Waals surface area contributed by atoms with Crippen LogP contribution in [0.4, 0.5) is 4.39 Å². The molecule has 3 rings (SSSR count). The van der Waals surface area contributed by atoms with Crippen molar-refractivity contribution < 1.29 is 13.9 Å². The molecule has 7 heteroatoms. The van der Waals surface area contributed by atoms with Crippen LogP contribution in [-0.4, -0.2) is 15.4 Å². The summed E-state index contributed by atoms with van der Waals surface area (Å²) in [4.78, 5) is 28.5. The minimum absolute atomic E-state index is 0.150. The Hall–Kier alpha value is -2.54. The molecular formula is C17H12BrFN2O3. The van der Waals surface area contributed by atoms with E-state index in [0.717, 1.165) is 5.69 Å². The molecule has 0 saturated carbocycles. The number of rotatable bonds is 3. The number of hydrogen-bond acceptors (Lipinski definition) is 4. The molecule has 0 aliphatic carbocycles. The van der Waals surface area contributed by atoms with Gasteiger partial charge in [0.05, 0.1) is 11.3 Å². The highest BCUT2D eigenvalue weighted by Gasteiger charge is 2.13. The van der Waals surface area contributed by atoms with Crippen molar-refractivity contribution >= 4 is 27.5 Å². The first-order chi connectivity index (χ1) is 11.5. The number of pyridine rings is 1. The van der Waals surface area contributed by atoms with Crippen LogP contribution in [0.1, 0.15) is 21.7 Å². The maximum Gasteiger partial charge on any atom is 0.339 e. The Kier molecular flexibility index (Phi) is 4.44. The minimum Gasteiger partial charge on any atom is -0.456 e. The molecule has 0 unspecified atom stereocenters. The molecule has 0 amide bonds. The molecule has 1 aromatic carbocycles. The van der Waals surface area contributed by atoms with Crippen molar-refractivity contribution in [2.45, 2.75) is 13.5 Å². The molecule has 0 aliphatic rings. The van der Waals surface area contributed by atoms with Gasteiger partial charge in [-0.3, -0.25) is 9.20 Å². The summed E-state index contributed by atoms with van der Waals surface area (Å²) < 4.78 is 20.0. The monoisotopic (exact) mass is 390 g/mol. The molecule has 122 valence electrons. The highest BCUT2D eigenvalue weighted by molar-refractivity contribution is 9.10. The van der Waals surface area contributed by atoms with Crippen LogP contribution in [-0.2, 0) is 11.3 Å². The number of nitrogens with zero attached hydrogens (tertiary/aromatic N) is 2. The lowest BCUT2D eigenvalue weighted by Gasteiger charge is -2.08. The summed E-state index contributed by atoms with van der Waals surface area (Å²) in [5.74, 6) is -1.09. The van der Waals surface area contributed by atoms with E-state index in [4.69, 9.17) is 4.74 Å². The van der Waals surface area contributed by atoms with Gasteiger partial charge in [-0.1, -0.05) is 6.07 Å². The van der Waals surface area contributed by atoms with Crippen molar-refractivity contribution in [2.24, 2.45) is 0 Å². The van der Waals surface area contributed by atoms with Crippen LogP contribution in [0.5, 0.6) is 0 Å². The summed E-state index contributed by atoms with van der Waals surface area (Å²) in [6.45, 7) is 1.66. The maximum absolute atomic E-state index is 13.1. The Labute approximate surface area is 144 Å². The van der Waals surface area contributed by atoms with E-state index in [2.05, 4.69) is 20.9 Å². The van der Waals surface area contributed by atoms with E-state index < -0.39 is 11.8 Å². The van der Waals surface area contributed by atoms with Gasteiger partial charge in [0.25, 0.3) is 5.56 Å². The summed E-state index contributed by atoms with van der Waals surface area (Å²) in [6.07, 6.45) is 0. The number of carbonyl (C=O) groups is 1. The van der Waals surface area contributed by atoms with E-state index in [9.17, 15) is 14.0 Å². The molecule has 24 heavy (non-hydrogen) atoms. The number of halogens is 2. The molecule has 0 bridgehead atoms. The first-order valence-electron chi connectivity index (χ1n) is 7.06. The normalized spacial score (nSPS) is 10.8. The Bertz CT molecular complexity index is 1000. The maximum atomic E-state index is 13.1. The van der Waals surface area contributed by atoms with Crippen molar-refractivity contribution in [3.63, 3.8) is 0 Å².